The van der Waals surface area contributed by atoms with Crippen molar-refractivity contribution in [1.82, 2.24) is 31.2 Å². The number of halogens is 7. The molecule has 3 unspecified atom stereocenters. The molecule has 83 heavy (non-hydrogen) atoms. The number of nitrogens with one attached hydrogen (secondary N) is 4. The van der Waals surface area contributed by atoms with Crippen molar-refractivity contribution in [1.29, 1.82) is 0 Å². The van der Waals surface area contributed by atoms with E-state index in [-0.39, 0.29) is 55.5 Å². The minimum Gasteiger partial charge on any atom is -0.444 e. The number of ether oxygens (including phenoxy) is 2. The van der Waals surface area contributed by atoms with Gasteiger partial charge in [-0.3, -0.25) is 45.2 Å². The third-order valence-corrected chi connectivity index (χ3v) is 15.8. The van der Waals surface area contributed by atoms with Crippen LogP contribution in [0, 0.1) is 34.9 Å². The van der Waals surface area contributed by atoms with Crippen LogP contribution in [0.15, 0.2) is 92.5 Å². The van der Waals surface area contributed by atoms with Crippen molar-refractivity contribution < 1.29 is 55.0 Å². The molecule has 5 aromatic rings. The number of alkyl carbamates (subject to hydrolysis) is 2. The summed E-state index contributed by atoms with van der Waals surface area (Å²) in [5.41, 5.74) is 4.06. The zero-order chi connectivity index (χ0) is 61.4. The van der Waals surface area contributed by atoms with Crippen molar-refractivity contribution >= 4 is 90.7 Å². The first-order valence-corrected chi connectivity index (χ1v) is 29.5. The van der Waals surface area contributed by atoms with Gasteiger partial charge in [0.25, 0.3) is 11.8 Å². The Morgan fingerprint density at radius 1 is 0.542 bits per heavy atom. The van der Waals surface area contributed by atoms with E-state index in [1.807, 2.05) is 0 Å². The Labute approximate surface area is 498 Å². The van der Waals surface area contributed by atoms with Gasteiger partial charge in [-0.1, -0.05) is 47.4 Å². The molecule has 5 heterocycles. The van der Waals surface area contributed by atoms with Gasteiger partial charge in [-0.2, -0.15) is 0 Å². The van der Waals surface area contributed by atoms with Crippen LogP contribution in [0.4, 0.5) is 35.9 Å². The smallest absolute Gasteiger partial charge is 0.413 e. The minimum atomic E-state index is -1.03. The van der Waals surface area contributed by atoms with Gasteiger partial charge in [0.05, 0.1) is 21.1 Å². The van der Waals surface area contributed by atoms with Crippen LogP contribution in [0.2, 0.25) is 0 Å². The van der Waals surface area contributed by atoms with Gasteiger partial charge in [0, 0.05) is 101 Å². The summed E-state index contributed by atoms with van der Waals surface area (Å²) >= 11 is 7.17. The molecule has 0 radical (unpaired) electrons. The molecule has 8 rings (SSSR count). The maximum absolute atomic E-state index is 14.9. The summed E-state index contributed by atoms with van der Waals surface area (Å²) in [6, 6.07) is 12.9. The Morgan fingerprint density at radius 3 is 1.25 bits per heavy atom. The van der Waals surface area contributed by atoms with Gasteiger partial charge in [-0.15, -0.1) is 0 Å². The van der Waals surface area contributed by atoms with Crippen molar-refractivity contribution in [3.8, 4) is 22.3 Å². The summed E-state index contributed by atoms with van der Waals surface area (Å²) in [5.74, 6) is -2.97. The second-order valence-electron chi connectivity index (χ2n) is 21.5. The molecule has 26 heteroatoms. The standard InChI is InChI=1S/C23H26F2N4O3S.C18H18F2N4OS.C16H19BrF2N2O2S/c1-22(2,3)32-21(31)28-20-29-23(4,8-9-33-20)15-10-14(16(24)11-17(15)25)13-6-7-18(27-12-13)19(30)26-5;1-18(5-6-26-17(21)24-18)12-7-11(13(19)8-14(12)20)10-3-4-15(23-9-10)16(25)22-2;1-15(2,3)23-14(22)20-13-21-16(4,5-6-24-13)9-7-10(17)12(19)8-11(9)18/h6-7,10-12H,8-9H2,1-5H3,(H,26,30)(H,28,29,31);3-4,7-9H,5-6H2,1-2H3,(H2,21,24)(H,22,25);7-8H,5-6H2,1-4H3,(H,20,21,22). The number of aliphatic imine (C=N–C) groups is 3. The van der Waals surface area contributed by atoms with Crippen molar-refractivity contribution in [2.45, 2.75) is 109 Å². The van der Waals surface area contributed by atoms with Crippen LogP contribution in [0.5, 0.6) is 0 Å². The molecule has 3 aliphatic rings. The molecule has 3 aromatic carbocycles. The predicted molar refractivity (Wildman–Crippen MR) is 319 cm³/mol. The number of nitrogens with zero attached hydrogens (tertiary/aromatic N) is 5. The summed E-state index contributed by atoms with van der Waals surface area (Å²) in [7, 11) is 2.98. The van der Waals surface area contributed by atoms with Gasteiger partial charge in [-0.05, 0) is 128 Å². The number of carbonyl (C=O) groups excluding carboxylic acids is 4. The molecule has 0 bridgehead atoms. The van der Waals surface area contributed by atoms with Gasteiger partial charge >= 0.3 is 12.2 Å². The maximum atomic E-state index is 14.9. The third kappa shape index (κ3) is 17.2. The number of amidine groups is 3. The zero-order valence-corrected chi connectivity index (χ0v) is 51.3. The zero-order valence-electron chi connectivity index (χ0n) is 47.3. The molecule has 3 atom stereocenters. The topological polar surface area (TPSA) is 224 Å². The number of nitrogens with two attached hydrogens (primary N) is 1. The quantitative estimate of drug-likeness (QED) is 0.0758. The van der Waals surface area contributed by atoms with Crippen molar-refractivity contribution in [2.24, 2.45) is 20.7 Å². The van der Waals surface area contributed by atoms with Crippen LogP contribution in [-0.4, -0.2) is 92.0 Å². The van der Waals surface area contributed by atoms with Crippen LogP contribution >= 0.6 is 51.2 Å². The fourth-order valence-electron chi connectivity index (χ4n) is 8.43. The van der Waals surface area contributed by atoms with Gasteiger partial charge in [-0.25, -0.2) is 35.9 Å². The van der Waals surface area contributed by atoms with E-state index in [2.05, 4.69) is 62.1 Å². The summed E-state index contributed by atoms with van der Waals surface area (Å²) < 4.78 is 96.8. The molecule has 4 amide bonds. The molecular formula is C57H63BrF6N10O6S3. The van der Waals surface area contributed by atoms with Crippen molar-refractivity contribution in [2.75, 3.05) is 31.4 Å². The summed E-state index contributed by atoms with van der Waals surface area (Å²) in [6.45, 7) is 15.8. The molecule has 0 saturated heterocycles. The number of aromatic nitrogens is 2. The Balaban J connectivity index is 0.000000203. The average molecular weight is 1270 g/mol. The average Bonchev–Trinajstić information content (AvgIpc) is 3.60. The van der Waals surface area contributed by atoms with Gasteiger partial charge in [0.1, 0.15) is 57.5 Å². The molecule has 16 nitrogen and oxygen atoms in total. The highest BCUT2D eigenvalue weighted by Crippen LogP contribution is 2.42. The minimum absolute atomic E-state index is 0.138. The Hall–Kier alpha value is -6.64. The largest absolute Gasteiger partial charge is 0.444 e. The fourth-order valence-corrected chi connectivity index (χ4v) is 12.0. The van der Waals surface area contributed by atoms with E-state index in [1.54, 1.807) is 74.4 Å². The number of thioether (sulfide) groups is 3. The molecule has 2 aromatic heterocycles. The van der Waals surface area contributed by atoms with E-state index >= 15 is 0 Å². The lowest BCUT2D eigenvalue weighted by molar-refractivity contribution is 0.0552. The normalized spacial score (nSPS) is 19.6. The van der Waals surface area contributed by atoms with Crippen molar-refractivity contribution in [3.05, 3.63) is 141 Å². The number of carbonyl (C=O) groups is 4. The first-order chi connectivity index (χ1) is 38.8. The van der Waals surface area contributed by atoms with Gasteiger partial charge in [0.2, 0.25) is 0 Å². The van der Waals surface area contributed by atoms with Crippen molar-refractivity contribution in [3.63, 3.8) is 0 Å². The van der Waals surface area contributed by atoms with Gasteiger partial charge in [0.15, 0.2) is 15.5 Å². The monoisotopic (exact) mass is 1270 g/mol. The van der Waals surface area contributed by atoms with E-state index in [1.165, 1.54) is 92.1 Å². The van der Waals surface area contributed by atoms with Crippen LogP contribution in [0.25, 0.3) is 22.3 Å². The third-order valence-electron chi connectivity index (χ3n) is 12.7. The number of hydrogen-bond acceptors (Lipinski definition) is 15. The number of amides is 4. The van der Waals surface area contributed by atoms with Crippen LogP contribution in [0.1, 0.15) is 119 Å². The first-order valence-electron chi connectivity index (χ1n) is 25.7. The van der Waals surface area contributed by atoms with Crippen LogP contribution < -0.4 is 27.0 Å². The molecule has 0 saturated carbocycles. The first kappa shape index (κ1) is 65.5. The highest BCUT2D eigenvalue weighted by atomic mass is 79.9. The second kappa shape index (κ2) is 26.9. The number of hydrogen-bond donors (Lipinski definition) is 5. The molecule has 3 aliphatic heterocycles. The van der Waals surface area contributed by atoms with E-state index in [4.69, 9.17) is 15.2 Å². The predicted octanol–water partition coefficient (Wildman–Crippen LogP) is 12.6. The highest BCUT2D eigenvalue weighted by molar-refractivity contribution is 9.10. The lowest BCUT2D eigenvalue weighted by Gasteiger charge is -2.31. The molecule has 0 spiro atoms. The number of benzene rings is 3. The van der Waals surface area contributed by atoms with E-state index in [9.17, 15) is 45.5 Å². The summed E-state index contributed by atoms with van der Waals surface area (Å²) in [5, 5.41) is 11.2. The van der Waals surface area contributed by atoms with Gasteiger partial charge < -0.3 is 25.8 Å². The second-order valence-corrected chi connectivity index (χ2v) is 25.7. The van der Waals surface area contributed by atoms with E-state index < -0.39 is 74.9 Å². The molecule has 0 fully saturated rings. The Morgan fingerprint density at radius 2 is 0.904 bits per heavy atom. The molecule has 6 N–H and O–H groups in total. The summed E-state index contributed by atoms with van der Waals surface area (Å²) in [4.78, 5) is 68.8. The molecule has 444 valence electrons. The lowest BCUT2D eigenvalue weighted by Crippen LogP contribution is -2.38. The number of pyridine rings is 2. The molecular weight excluding hydrogens is 1210 g/mol. The van der Waals surface area contributed by atoms with Crippen LogP contribution in [0.3, 0.4) is 0 Å². The highest BCUT2D eigenvalue weighted by Gasteiger charge is 2.37. The Bertz CT molecular complexity index is 3370. The lowest BCUT2D eigenvalue weighted by atomic mass is 9.87. The van der Waals surface area contributed by atoms with E-state index in [0.29, 0.717) is 63.2 Å². The molecule has 0 aliphatic carbocycles. The van der Waals surface area contributed by atoms with E-state index in [0.717, 1.165) is 18.2 Å². The maximum Gasteiger partial charge on any atom is 0.413 e. The summed E-state index contributed by atoms with van der Waals surface area (Å²) in [6.07, 6.45) is 3.12. The SMILES string of the molecule is CC(C)(C)OC(=O)NC1=NC(C)(c2cc(Br)c(F)cc2F)CCS1.CNC(=O)c1ccc(-c2cc(C3(C)CCSC(N)=N3)c(F)cc2F)cn1.CNC(=O)c1ccc(-c2cc(C3(C)CCSC(NC(=O)OC(C)(C)C)=N3)c(F)cc2F)cn1. The Kier molecular flexibility index (Phi) is 21.3. The fraction of sp³-hybridized carbons (Fsp3) is 0.386. The van der Waals surface area contributed by atoms with Crippen LogP contribution in [-0.2, 0) is 26.1 Å². The number of rotatable bonds is 7.